The number of rotatable bonds is 2. The highest BCUT2D eigenvalue weighted by Crippen LogP contribution is 2.02. The van der Waals surface area contributed by atoms with Gasteiger partial charge in [-0.05, 0) is 31.2 Å². The zero-order valence-electron chi connectivity index (χ0n) is 9.19. The molecule has 0 aromatic heterocycles. The van der Waals surface area contributed by atoms with Crippen LogP contribution in [0, 0.1) is 11.3 Å². The quantitative estimate of drug-likeness (QED) is 0.744. The highest BCUT2D eigenvalue weighted by molar-refractivity contribution is 5.94. The van der Waals surface area contributed by atoms with Crippen LogP contribution >= 0.6 is 0 Å². The molecular weight excluding hydrogens is 222 g/mol. The van der Waals surface area contributed by atoms with E-state index < -0.39 is 12.0 Å². The van der Waals surface area contributed by atoms with E-state index in [1.807, 2.05) is 6.07 Å². The van der Waals surface area contributed by atoms with E-state index in [0.29, 0.717) is 11.1 Å². The Morgan fingerprint density at radius 3 is 2.47 bits per heavy atom. The molecule has 0 unspecified atom stereocenters. The third-order valence-corrected chi connectivity index (χ3v) is 1.83. The van der Waals surface area contributed by atoms with E-state index in [-0.39, 0.29) is 6.61 Å². The topological polar surface area (TPSA) is 91.2 Å². The Labute approximate surface area is 98.2 Å². The van der Waals surface area contributed by atoms with Gasteiger partial charge in [0, 0.05) is 5.56 Å². The molecule has 0 saturated carbocycles. The van der Waals surface area contributed by atoms with Gasteiger partial charge in [-0.3, -0.25) is 10.2 Å². The maximum Gasteiger partial charge on any atom is 0.426 e. The number of hydrogen-bond donors (Lipinski definition) is 2. The second-order valence-electron chi connectivity index (χ2n) is 2.99. The summed E-state index contributed by atoms with van der Waals surface area (Å²) in [7, 11) is 0. The van der Waals surface area contributed by atoms with Gasteiger partial charge in [-0.15, -0.1) is 0 Å². The summed E-state index contributed by atoms with van der Waals surface area (Å²) >= 11 is 0. The normalized spacial score (nSPS) is 8.94. The fourth-order valence-corrected chi connectivity index (χ4v) is 1.04. The lowest BCUT2D eigenvalue weighted by Gasteiger charge is -2.06. The maximum atomic E-state index is 11.5. The van der Waals surface area contributed by atoms with Crippen molar-refractivity contribution in [3.8, 4) is 6.07 Å². The average molecular weight is 233 g/mol. The zero-order chi connectivity index (χ0) is 12.7. The number of nitrogens with zero attached hydrogens (tertiary/aromatic N) is 1. The predicted octanol–water partition coefficient (Wildman–Crippen LogP) is 0.949. The van der Waals surface area contributed by atoms with Crippen molar-refractivity contribution in [1.82, 2.24) is 10.9 Å². The van der Waals surface area contributed by atoms with Crippen LogP contribution in [-0.4, -0.2) is 18.6 Å². The Balaban J connectivity index is 2.52. The minimum absolute atomic E-state index is 0.221. The molecule has 0 aliphatic heterocycles. The average Bonchev–Trinajstić information content (AvgIpc) is 2.36. The smallest absolute Gasteiger partial charge is 0.426 e. The monoisotopic (exact) mass is 233 g/mol. The molecule has 6 heteroatoms. The Bertz CT molecular complexity index is 448. The first-order chi connectivity index (χ1) is 8.17. The summed E-state index contributed by atoms with van der Waals surface area (Å²) in [5, 5.41) is 8.58. The van der Waals surface area contributed by atoms with E-state index in [2.05, 4.69) is 15.6 Å². The lowest BCUT2D eigenvalue weighted by molar-refractivity contribution is 0.0912. The summed E-state index contributed by atoms with van der Waals surface area (Å²) in [6, 6.07) is 7.94. The number of nitrogens with one attached hydrogen (secondary N) is 2. The molecule has 17 heavy (non-hydrogen) atoms. The number of hydrogen-bond acceptors (Lipinski definition) is 4. The lowest BCUT2D eigenvalue weighted by atomic mass is 10.1. The van der Waals surface area contributed by atoms with Crippen LogP contribution in [0.5, 0.6) is 0 Å². The van der Waals surface area contributed by atoms with Gasteiger partial charge in [0.05, 0.1) is 18.2 Å². The van der Waals surface area contributed by atoms with Crippen molar-refractivity contribution in [2.24, 2.45) is 0 Å². The van der Waals surface area contributed by atoms with E-state index in [1.54, 1.807) is 6.92 Å². The van der Waals surface area contributed by atoms with Crippen molar-refractivity contribution in [1.29, 1.82) is 5.26 Å². The highest BCUT2D eigenvalue weighted by atomic mass is 16.5. The molecule has 0 radical (unpaired) electrons. The van der Waals surface area contributed by atoms with Crippen molar-refractivity contribution in [2.45, 2.75) is 6.92 Å². The first-order valence-corrected chi connectivity index (χ1v) is 4.90. The van der Waals surface area contributed by atoms with Crippen LogP contribution in [0.25, 0.3) is 0 Å². The van der Waals surface area contributed by atoms with Crippen LogP contribution < -0.4 is 10.9 Å². The molecule has 0 atom stereocenters. The molecular formula is C11H11N3O3. The van der Waals surface area contributed by atoms with Crippen molar-refractivity contribution in [3.63, 3.8) is 0 Å². The van der Waals surface area contributed by atoms with Crippen LogP contribution in [0.15, 0.2) is 24.3 Å². The van der Waals surface area contributed by atoms with Crippen molar-refractivity contribution in [2.75, 3.05) is 6.61 Å². The van der Waals surface area contributed by atoms with Gasteiger partial charge in [0.2, 0.25) is 0 Å². The molecule has 1 aromatic rings. The Hall–Kier alpha value is -2.55. The summed E-state index contributed by atoms with van der Waals surface area (Å²) in [5.74, 6) is -0.484. The predicted molar refractivity (Wildman–Crippen MR) is 58.8 cm³/mol. The molecule has 0 fully saturated rings. The number of benzene rings is 1. The van der Waals surface area contributed by atoms with Crippen LogP contribution in [0.3, 0.4) is 0 Å². The first-order valence-electron chi connectivity index (χ1n) is 4.90. The molecule has 0 bridgehead atoms. The van der Waals surface area contributed by atoms with Crippen molar-refractivity contribution >= 4 is 12.0 Å². The minimum atomic E-state index is -0.727. The number of amides is 2. The van der Waals surface area contributed by atoms with E-state index in [1.165, 1.54) is 24.3 Å². The van der Waals surface area contributed by atoms with Gasteiger partial charge < -0.3 is 4.74 Å². The summed E-state index contributed by atoms with van der Waals surface area (Å²) < 4.78 is 4.56. The molecule has 2 N–H and O–H groups in total. The largest absolute Gasteiger partial charge is 0.449 e. The molecule has 0 saturated heterocycles. The molecule has 0 aliphatic rings. The second-order valence-corrected chi connectivity index (χ2v) is 2.99. The standard InChI is InChI=1S/C11H11N3O3/c1-2-17-11(16)14-13-10(15)9-5-3-8(7-12)4-6-9/h3-6H,2H2,1H3,(H,13,15)(H,14,16). The van der Waals surface area contributed by atoms with Crippen LogP contribution in [-0.2, 0) is 4.74 Å². The molecule has 0 heterocycles. The van der Waals surface area contributed by atoms with Crippen LogP contribution in [0.1, 0.15) is 22.8 Å². The first kappa shape index (κ1) is 12.5. The summed E-state index contributed by atoms with van der Waals surface area (Å²) in [4.78, 5) is 22.4. The highest BCUT2D eigenvalue weighted by Gasteiger charge is 2.06. The zero-order valence-corrected chi connectivity index (χ0v) is 9.19. The number of ether oxygens (including phenoxy) is 1. The van der Waals surface area contributed by atoms with Crippen LogP contribution in [0.4, 0.5) is 4.79 Å². The summed E-state index contributed by atoms with van der Waals surface area (Å²) in [6.45, 7) is 1.88. The maximum absolute atomic E-state index is 11.5. The Morgan fingerprint density at radius 1 is 1.29 bits per heavy atom. The second kappa shape index (κ2) is 6.12. The molecule has 88 valence electrons. The lowest BCUT2D eigenvalue weighted by Crippen LogP contribution is -2.41. The molecule has 0 aliphatic carbocycles. The number of hydrazine groups is 1. The van der Waals surface area contributed by atoms with E-state index in [0.717, 1.165) is 0 Å². The molecule has 0 spiro atoms. The van der Waals surface area contributed by atoms with Crippen molar-refractivity contribution < 1.29 is 14.3 Å². The third-order valence-electron chi connectivity index (χ3n) is 1.83. The fourth-order valence-electron chi connectivity index (χ4n) is 1.04. The van der Waals surface area contributed by atoms with Gasteiger partial charge >= 0.3 is 6.09 Å². The molecule has 2 amide bonds. The summed E-state index contributed by atoms with van der Waals surface area (Å²) in [5.41, 5.74) is 5.05. The summed E-state index contributed by atoms with van der Waals surface area (Å²) in [6.07, 6.45) is -0.727. The Kier molecular flexibility index (Phi) is 4.51. The number of carbonyl (C=O) groups is 2. The fraction of sp³-hybridized carbons (Fsp3) is 0.182. The minimum Gasteiger partial charge on any atom is -0.449 e. The molecule has 1 aromatic carbocycles. The molecule has 1 rings (SSSR count). The number of carbonyl (C=O) groups excluding carboxylic acids is 2. The van der Waals surface area contributed by atoms with Gasteiger partial charge in [0.15, 0.2) is 0 Å². The van der Waals surface area contributed by atoms with Crippen molar-refractivity contribution in [3.05, 3.63) is 35.4 Å². The SMILES string of the molecule is CCOC(=O)NNC(=O)c1ccc(C#N)cc1. The van der Waals surface area contributed by atoms with Crippen LogP contribution in [0.2, 0.25) is 0 Å². The van der Waals surface area contributed by atoms with Gasteiger partial charge in [-0.2, -0.15) is 5.26 Å². The Morgan fingerprint density at radius 2 is 1.94 bits per heavy atom. The van der Waals surface area contributed by atoms with Gasteiger partial charge in [-0.1, -0.05) is 0 Å². The van der Waals surface area contributed by atoms with E-state index in [9.17, 15) is 9.59 Å². The van der Waals surface area contributed by atoms with E-state index >= 15 is 0 Å². The van der Waals surface area contributed by atoms with Gasteiger partial charge in [0.25, 0.3) is 5.91 Å². The molecule has 6 nitrogen and oxygen atoms in total. The van der Waals surface area contributed by atoms with Gasteiger partial charge in [0.1, 0.15) is 0 Å². The third kappa shape index (κ3) is 3.83. The number of nitriles is 1. The van der Waals surface area contributed by atoms with E-state index in [4.69, 9.17) is 5.26 Å². The van der Waals surface area contributed by atoms with Gasteiger partial charge in [-0.25, -0.2) is 10.2 Å².